The van der Waals surface area contributed by atoms with Crippen LogP contribution in [0.25, 0.3) is 0 Å². The number of nitrogens with two attached hydrogens (primary N) is 1. The van der Waals surface area contributed by atoms with Gasteiger partial charge >= 0.3 is 0 Å². The maximum absolute atomic E-state index is 5.38. The number of nitrogens with one attached hydrogen (secondary N) is 1. The highest BCUT2D eigenvalue weighted by Crippen LogP contribution is 2.10. The highest BCUT2D eigenvalue weighted by atomic mass is 14.9. The zero-order chi connectivity index (χ0) is 7.94. The molecule has 2 nitrogen and oxygen atoms in total. The van der Waals surface area contributed by atoms with E-state index in [-0.39, 0.29) is 0 Å². The second-order valence-electron chi connectivity index (χ2n) is 3.11. The summed E-state index contributed by atoms with van der Waals surface area (Å²) in [5.41, 5.74) is 5.38. The monoisotopic (exact) mass is 154 g/mol. The number of rotatable bonds is 3. The fraction of sp³-hybridized carbons (Fsp3) is 0.778. The molecule has 0 amide bonds. The molecule has 1 aliphatic heterocycles. The first kappa shape index (κ1) is 8.75. The molecule has 0 saturated carbocycles. The third-order valence-corrected chi connectivity index (χ3v) is 2.08. The molecule has 0 aromatic rings. The second-order valence-corrected chi connectivity index (χ2v) is 3.11. The third-order valence-electron chi connectivity index (χ3n) is 2.08. The van der Waals surface area contributed by atoms with Crippen LogP contribution in [0.4, 0.5) is 0 Å². The van der Waals surface area contributed by atoms with Crippen molar-refractivity contribution >= 4 is 0 Å². The van der Waals surface area contributed by atoms with Crippen LogP contribution in [0.3, 0.4) is 0 Å². The minimum atomic E-state index is 0.760. The maximum atomic E-state index is 5.38. The van der Waals surface area contributed by atoms with Crippen LogP contribution >= 0.6 is 0 Å². The molecule has 0 radical (unpaired) electrons. The Hall–Kier alpha value is -0.340. The lowest BCUT2D eigenvalue weighted by molar-refractivity contribution is 0.438. The molecule has 0 aliphatic carbocycles. The van der Waals surface area contributed by atoms with Crippen molar-refractivity contribution in [1.82, 2.24) is 5.32 Å². The maximum Gasteiger partial charge on any atom is 0.00142 e. The molecule has 3 N–H and O–H groups in total. The van der Waals surface area contributed by atoms with Crippen molar-refractivity contribution in [1.29, 1.82) is 0 Å². The quantitative estimate of drug-likeness (QED) is 0.592. The van der Waals surface area contributed by atoms with Crippen molar-refractivity contribution in [2.24, 2.45) is 11.7 Å². The summed E-state index contributed by atoms with van der Waals surface area (Å²) in [5.74, 6) is 0.760. The van der Waals surface area contributed by atoms with E-state index < -0.39 is 0 Å². The van der Waals surface area contributed by atoms with Gasteiger partial charge in [0.15, 0.2) is 0 Å². The summed E-state index contributed by atoms with van der Waals surface area (Å²) in [6, 6.07) is 0. The van der Waals surface area contributed by atoms with Crippen LogP contribution < -0.4 is 11.1 Å². The number of hydrogen-bond donors (Lipinski definition) is 2. The van der Waals surface area contributed by atoms with Gasteiger partial charge in [-0.2, -0.15) is 0 Å². The first-order chi connectivity index (χ1) is 5.43. The highest BCUT2D eigenvalue weighted by Gasteiger charge is 2.07. The van der Waals surface area contributed by atoms with Crippen molar-refractivity contribution < 1.29 is 0 Å². The molecule has 0 aromatic heterocycles. The molecule has 0 bridgehead atoms. The van der Waals surface area contributed by atoms with Crippen LogP contribution in [0, 0.1) is 5.92 Å². The lowest BCUT2D eigenvalue weighted by Gasteiger charge is -2.19. The predicted molar refractivity (Wildman–Crippen MR) is 48.4 cm³/mol. The summed E-state index contributed by atoms with van der Waals surface area (Å²) in [7, 11) is 0. The largest absolute Gasteiger partial charge is 0.330 e. The molecule has 1 saturated heterocycles. The van der Waals surface area contributed by atoms with Gasteiger partial charge in [0.1, 0.15) is 0 Å². The van der Waals surface area contributed by atoms with E-state index in [1.165, 1.54) is 19.4 Å². The summed E-state index contributed by atoms with van der Waals surface area (Å²) in [4.78, 5) is 0. The molecule has 1 unspecified atom stereocenters. The molecule has 11 heavy (non-hydrogen) atoms. The first-order valence-corrected chi connectivity index (χ1v) is 4.51. The molecule has 1 fully saturated rings. The number of hydrogen-bond acceptors (Lipinski definition) is 2. The van der Waals surface area contributed by atoms with E-state index in [1.54, 1.807) is 0 Å². The van der Waals surface area contributed by atoms with Gasteiger partial charge in [-0.3, -0.25) is 0 Å². The predicted octanol–water partition coefficient (Wildman–Crippen LogP) is 0.891. The average Bonchev–Trinajstić information content (AvgIpc) is 2.07. The van der Waals surface area contributed by atoms with Gasteiger partial charge in [-0.1, -0.05) is 12.2 Å². The van der Waals surface area contributed by atoms with Crippen LogP contribution in [-0.4, -0.2) is 19.6 Å². The molecule has 64 valence electrons. The van der Waals surface area contributed by atoms with Gasteiger partial charge in [-0.05, 0) is 38.3 Å². The minimum absolute atomic E-state index is 0.760. The topological polar surface area (TPSA) is 38.0 Å². The van der Waals surface area contributed by atoms with Crippen LogP contribution in [0.5, 0.6) is 0 Å². The lowest BCUT2D eigenvalue weighted by Crippen LogP contribution is -2.28. The second kappa shape index (κ2) is 5.33. The standard InChI is InChI=1S/C9H18N2/c10-6-2-1-4-9-5-3-7-11-8-9/h1,4,9,11H,2-3,5-8,10H2/b4-1-. The molecule has 1 atom stereocenters. The SMILES string of the molecule is NCC/C=C\C1CCCNC1. The average molecular weight is 154 g/mol. The van der Waals surface area contributed by atoms with Gasteiger partial charge in [0.05, 0.1) is 0 Å². The van der Waals surface area contributed by atoms with Crippen molar-refractivity contribution in [3.05, 3.63) is 12.2 Å². The fourth-order valence-electron chi connectivity index (χ4n) is 1.43. The third kappa shape index (κ3) is 3.54. The van der Waals surface area contributed by atoms with Crippen molar-refractivity contribution in [2.75, 3.05) is 19.6 Å². The van der Waals surface area contributed by atoms with Crippen LogP contribution in [0.1, 0.15) is 19.3 Å². The molecule has 1 rings (SSSR count). The van der Waals surface area contributed by atoms with Gasteiger partial charge in [0, 0.05) is 6.54 Å². The highest BCUT2D eigenvalue weighted by molar-refractivity contribution is 4.91. The first-order valence-electron chi connectivity index (χ1n) is 4.51. The molecule has 1 heterocycles. The Morgan fingerprint density at radius 1 is 1.55 bits per heavy atom. The Morgan fingerprint density at radius 3 is 3.09 bits per heavy atom. The Balaban J connectivity index is 2.13. The molecular weight excluding hydrogens is 136 g/mol. The van der Waals surface area contributed by atoms with E-state index >= 15 is 0 Å². The van der Waals surface area contributed by atoms with Gasteiger partial charge in [-0.15, -0.1) is 0 Å². The minimum Gasteiger partial charge on any atom is -0.330 e. The van der Waals surface area contributed by atoms with E-state index in [2.05, 4.69) is 17.5 Å². The zero-order valence-electron chi connectivity index (χ0n) is 7.05. The Labute approximate surface area is 68.9 Å². The van der Waals surface area contributed by atoms with E-state index in [0.717, 1.165) is 25.4 Å². The zero-order valence-corrected chi connectivity index (χ0v) is 7.05. The smallest absolute Gasteiger partial charge is 0.00142 e. The summed E-state index contributed by atoms with van der Waals surface area (Å²) in [6.07, 6.45) is 8.19. The van der Waals surface area contributed by atoms with E-state index in [9.17, 15) is 0 Å². The van der Waals surface area contributed by atoms with E-state index in [0.29, 0.717) is 0 Å². The van der Waals surface area contributed by atoms with Crippen LogP contribution in [-0.2, 0) is 0 Å². The molecule has 1 aliphatic rings. The van der Waals surface area contributed by atoms with E-state index in [1.807, 2.05) is 0 Å². The molecule has 0 spiro atoms. The Bertz CT molecular complexity index is 115. The molecule has 0 aromatic carbocycles. The summed E-state index contributed by atoms with van der Waals surface area (Å²) in [5, 5.41) is 3.38. The van der Waals surface area contributed by atoms with Crippen molar-refractivity contribution in [3.63, 3.8) is 0 Å². The Kier molecular flexibility index (Phi) is 4.24. The van der Waals surface area contributed by atoms with Gasteiger partial charge in [0.25, 0.3) is 0 Å². The summed E-state index contributed by atoms with van der Waals surface area (Å²) in [6.45, 7) is 3.12. The summed E-state index contributed by atoms with van der Waals surface area (Å²) >= 11 is 0. The van der Waals surface area contributed by atoms with Crippen LogP contribution in [0.2, 0.25) is 0 Å². The van der Waals surface area contributed by atoms with E-state index in [4.69, 9.17) is 5.73 Å². The Morgan fingerprint density at radius 2 is 2.45 bits per heavy atom. The van der Waals surface area contributed by atoms with Crippen molar-refractivity contribution in [2.45, 2.75) is 19.3 Å². The normalized spacial score (nSPS) is 26.1. The van der Waals surface area contributed by atoms with Gasteiger partial charge < -0.3 is 11.1 Å². The fourth-order valence-corrected chi connectivity index (χ4v) is 1.43. The van der Waals surface area contributed by atoms with Gasteiger partial charge in [-0.25, -0.2) is 0 Å². The van der Waals surface area contributed by atoms with Crippen LogP contribution in [0.15, 0.2) is 12.2 Å². The van der Waals surface area contributed by atoms with Gasteiger partial charge in [0.2, 0.25) is 0 Å². The number of piperidine rings is 1. The van der Waals surface area contributed by atoms with Crippen molar-refractivity contribution in [3.8, 4) is 0 Å². The summed E-state index contributed by atoms with van der Waals surface area (Å²) < 4.78 is 0. The lowest BCUT2D eigenvalue weighted by atomic mass is 9.99. The molecular formula is C9H18N2. The molecule has 2 heteroatoms.